The zero-order valence-corrected chi connectivity index (χ0v) is 34.0. The minimum absolute atomic E-state index is 0.00120. The third-order valence-corrected chi connectivity index (χ3v) is 11.2. The van der Waals surface area contributed by atoms with Crippen LogP contribution in [0, 0.1) is 23.7 Å². The minimum atomic E-state index is -0.746. The van der Waals surface area contributed by atoms with Gasteiger partial charge in [-0.05, 0) is 61.1 Å². The zero-order valence-electron chi connectivity index (χ0n) is 34.0. The van der Waals surface area contributed by atoms with Crippen LogP contribution in [-0.4, -0.2) is 116 Å². The molecule has 2 heterocycles. The second-order valence-corrected chi connectivity index (χ2v) is 15.4. The van der Waals surface area contributed by atoms with E-state index >= 15 is 0 Å². The van der Waals surface area contributed by atoms with Crippen LogP contribution in [0.1, 0.15) is 79.7 Å². The molecule has 4 amide bonds. The smallest absolute Gasteiger partial charge is 0.245 e. The highest BCUT2D eigenvalue weighted by atomic mass is 16.5. The number of nitrogens with one attached hydrogen (secondary N) is 3. The molecule has 12 nitrogen and oxygen atoms in total. The van der Waals surface area contributed by atoms with Gasteiger partial charge in [-0.15, -0.1) is 0 Å². The molecule has 0 saturated carbocycles. The van der Waals surface area contributed by atoms with E-state index in [2.05, 4.69) is 40.8 Å². The van der Waals surface area contributed by atoms with E-state index in [9.17, 15) is 19.2 Å². The van der Waals surface area contributed by atoms with E-state index in [4.69, 9.17) is 9.47 Å². The van der Waals surface area contributed by atoms with Gasteiger partial charge in [0.2, 0.25) is 23.6 Å². The molecule has 0 unspecified atom stereocenters. The molecule has 1 aliphatic rings. The predicted molar refractivity (Wildman–Crippen MR) is 209 cm³/mol. The average molecular weight is 739 g/mol. The summed E-state index contributed by atoms with van der Waals surface area (Å²) in [5.74, 6) is -1.28. The van der Waals surface area contributed by atoms with Crippen molar-refractivity contribution < 1.29 is 28.7 Å². The highest BCUT2D eigenvalue weighted by Gasteiger charge is 2.43. The summed E-state index contributed by atoms with van der Waals surface area (Å²) in [7, 11) is 6.66. The summed E-state index contributed by atoms with van der Waals surface area (Å²) in [6.45, 7) is 14.7. The van der Waals surface area contributed by atoms with Crippen LogP contribution in [0.3, 0.4) is 0 Å². The number of carbonyl (C=O) groups excluding carboxylic acids is 4. The van der Waals surface area contributed by atoms with E-state index in [0.29, 0.717) is 19.5 Å². The van der Waals surface area contributed by atoms with E-state index < -0.39 is 36.3 Å². The summed E-state index contributed by atoms with van der Waals surface area (Å²) in [6.07, 6.45) is 5.54. The van der Waals surface area contributed by atoms with Gasteiger partial charge in [0.05, 0.1) is 42.7 Å². The molecule has 3 rings (SSSR count). The lowest BCUT2D eigenvalue weighted by Gasteiger charge is -2.41. The number of fused-ring (bicyclic) bond motifs is 1. The van der Waals surface area contributed by atoms with E-state index in [1.54, 1.807) is 39.4 Å². The number of amides is 4. The number of benzene rings is 1. The fourth-order valence-electron chi connectivity index (χ4n) is 7.94. The molecule has 53 heavy (non-hydrogen) atoms. The molecule has 3 N–H and O–H groups in total. The Hall–Kier alpha value is -3.61. The van der Waals surface area contributed by atoms with Crippen LogP contribution in [0.15, 0.2) is 36.7 Å². The number of rotatable bonds is 20. The molecular weight excluding hydrogens is 672 g/mol. The minimum Gasteiger partial charge on any atom is -0.379 e. The molecule has 8 atom stereocenters. The Morgan fingerprint density at radius 3 is 2.28 bits per heavy atom. The molecule has 296 valence electrons. The monoisotopic (exact) mass is 739 g/mol. The number of likely N-dealkylation sites (tertiary alicyclic amines) is 1. The summed E-state index contributed by atoms with van der Waals surface area (Å²) < 4.78 is 12.0. The number of nitrogens with zero attached hydrogens (tertiary/aromatic N) is 3. The van der Waals surface area contributed by atoms with Crippen LogP contribution >= 0.6 is 0 Å². The summed E-state index contributed by atoms with van der Waals surface area (Å²) in [6, 6.07) is 6.21. The van der Waals surface area contributed by atoms with Gasteiger partial charge in [0.25, 0.3) is 0 Å². The first-order valence-electron chi connectivity index (χ1n) is 19.4. The van der Waals surface area contributed by atoms with E-state index in [0.717, 1.165) is 35.6 Å². The molecule has 0 spiro atoms. The largest absolute Gasteiger partial charge is 0.379 e. The van der Waals surface area contributed by atoms with Gasteiger partial charge in [0.1, 0.15) is 6.04 Å². The Morgan fingerprint density at radius 2 is 1.68 bits per heavy atom. The third kappa shape index (κ3) is 11.0. The van der Waals surface area contributed by atoms with Crippen molar-refractivity contribution in [3.63, 3.8) is 0 Å². The van der Waals surface area contributed by atoms with Crippen LogP contribution in [-0.2, 0) is 35.1 Å². The second-order valence-electron chi connectivity index (χ2n) is 15.4. The molecule has 0 bridgehead atoms. The normalized spacial score (nSPS) is 18.7. The first kappa shape index (κ1) is 43.8. The van der Waals surface area contributed by atoms with Crippen molar-refractivity contribution in [2.75, 3.05) is 41.4 Å². The molecule has 1 aromatic heterocycles. The molecular formula is C41H66N6O6. The number of pyridine rings is 1. The van der Waals surface area contributed by atoms with Crippen LogP contribution in [0.2, 0.25) is 0 Å². The molecule has 2 aromatic rings. The molecule has 12 heteroatoms. The fraction of sp³-hybridized carbons (Fsp3) is 0.683. The van der Waals surface area contributed by atoms with E-state index in [1.807, 2.05) is 63.9 Å². The van der Waals surface area contributed by atoms with Gasteiger partial charge in [0.15, 0.2) is 0 Å². The summed E-state index contributed by atoms with van der Waals surface area (Å²) in [5, 5.41) is 11.3. The number of likely N-dealkylation sites (N-methyl/N-ethyl adjacent to an activating group) is 2. The summed E-state index contributed by atoms with van der Waals surface area (Å²) in [5.41, 5.74) is 1.14. The number of hydrogen-bond donors (Lipinski definition) is 3. The summed E-state index contributed by atoms with van der Waals surface area (Å²) >= 11 is 0. The van der Waals surface area contributed by atoms with Gasteiger partial charge in [-0.1, -0.05) is 73.1 Å². The lowest BCUT2D eigenvalue weighted by atomic mass is 9.89. The van der Waals surface area contributed by atoms with Gasteiger partial charge >= 0.3 is 0 Å². The van der Waals surface area contributed by atoms with Crippen LogP contribution in [0.25, 0.3) is 10.8 Å². The third-order valence-electron chi connectivity index (χ3n) is 11.2. The standard InChI is InChI=1S/C41H66N6O6/c1-12-27(6)37(46(9)41(51)36(26(4)5)45-40(50)35(42-8)25(2)3)33(52-10)23-34(48)47-22-14-17-32(47)38(53-11)28(7)39(49)44-21-18-29-15-13-16-30-24-43-20-19-31(29)30/h13,15-16,19-20,24-28,32-33,35-38,42H,12,14,17-18,21-23H2,1-11H3,(H,44,49)(H,45,50)/t27-,28+,32-,33+,35-,36-,37-,38+/m0/s1. The van der Waals surface area contributed by atoms with Gasteiger partial charge in [0, 0.05) is 52.1 Å². The number of ether oxygens (including phenoxy) is 2. The van der Waals surface area contributed by atoms with Gasteiger partial charge < -0.3 is 35.2 Å². The van der Waals surface area contributed by atoms with E-state index in [1.165, 1.54) is 0 Å². The first-order chi connectivity index (χ1) is 25.2. The Balaban J connectivity index is 1.72. The Morgan fingerprint density at radius 1 is 0.981 bits per heavy atom. The number of carbonyl (C=O) groups is 4. The van der Waals surface area contributed by atoms with E-state index in [-0.39, 0.29) is 53.8 Å². The average Bonchev–Trinajstić information content (AvgIpc) is 3.63. The van der Waals surface area contributed by atoms with Gasteiger partial charge in [-0.3, -0.25) is 24.2 Å². The van der Waals surface area contributed by atoms with Crippen molar-refractivity contribution >= 4 is 34.4 Å². The quantitative estimate of drug-likeness (QED) is 0.184. The van der Waals surface area contributed by atoms with Crippen LogP contribution in [0.5, 0.6) is 0 Å². The number of hydrogen-bond acceptors (Lipinski definition) is 8. The van der Waals surface area contributed by atoms with Crippen molar-refractivity contribution in [2.24, 2.45) is 23.7 Å². The number of methoxy groups -OCH3 is 2. The maximum atomic E-state index is 14.2. The maximum Gasteiger partial charge on any atom is 0.245 e. The van der Waals surface area contributed by atoms with Crippen molar-refractivity contribution in [3.05, 3.63) is 42.2 Å². The van der Waals surface area contributed by atoms with Crippen molar-refractivity contribution in [3.8, 4) is 0 Å². The van der Waals surface area contributed by atoms with Crippen molar-refractivity contribution in [2.45, 2.75) is 117 Å². The molecule has 0 radical (unpaired) electrons. The topological polar surface area (TPSA) is 142 Å². The molecule has 0 aliphatic carbocycles. The molecule has 1 aromatic carbocycles. The lowest BCUT2D eigenvalue weighted by molar-refractivity contribution is -0.147. The van der Waals surface area contributed by atoms with Crippen LogP contribution < -0.4 is 16.0 Å². The van der Waals surface area contributed by atoms with Gasteiger partial charge in [-0.25, -0.2) is 0 Å². The Labute approximate surface area is 317 Å². The first-order valence-corrected chi connectivity index (χ1v) is 19.4. The zero-order chi connectivity index (χ0) is 39.4. The van der Waals surface area contributed by atoms with Crippen LogP contribution in [0.4, 0.5) is 0 Å². The Bertz CT molecular complexity index is 1500. The summed E-state index contributed by atoms with van der Waals surface area (Å²) in [4.78, 5) is 62.7. The highest BCUT2D eigenvalue weighted by molar-refractivity contribution is 5.90. The lowest BCUT2D eigenvalue weighted by Crippen LogP contribution is -2.59. The number of aromatic nitrogens is 1. The Kier molecular flexibility index (Phi) is 17.1. The predicted octanol–water partition coefficient (Wildman–Crippen LogP) is 4.20. The molecule has 1 fully saturated rings. The maximum absolute atomic E-state index is 14.2. The van der Waals surface area contributed by atoms with Crippen molar-refractivity contribution in [1.82, 2.24) is 30.7 Å². The van der Waals surface area contributed by atoms with Crippen molar-refractivity contribution in [1.29, 1.82) is 0 Å². The highest BCUT2D eigenvalue weighted by Crippen LogP contribution is 2.30. The van der Waals surface area contributed by atoms with Gasteiger partial charge in [-0.2, -0.15) is 0 Å². The molecule has 1 aliphatic heterocycles. The SMILES string of the molecule is CC[C@H](C)[C@@H]([C@@H](CC(=O)N1CCC[C@H]1[C@H](OC)[C@@H](C)C(=O)NCCc1cccc2cnccc12)OC)N(C)C(=O)[C@@H](NC(=O)[C@@H](NC)C(C)C)C(C)C. The molecule has 1 saturated heterocycles. The second kappa shape index (κ2) is 20.7. The fourth-order valence-corrected chi connectivity index (χ4v) is 7.94.